The third-order valence-corrected chi connectivity index (χ3v) is 5.17. The van der Waals surface area contributed by atoms with Crippen LogP contribution in [0.25, 0.3) is 0 Å². The number of carboxylic acid groups (broad SMARTS) is 1. The summed E-state index contributed by atoms with van der Waals surface area (Å²) >= 11 is 1.77. The van der Waals surface area contributed by atoms with E-state index in [4.69, 9.17) is 5.11 Å². The predicted molar refractivity (Wildman–Crippen MR) is 78.0 cm³/mol. The molecule has 1 aromatic carbocycles. The van der Waals surface area contributed by atoms with Crippen LogP contribution in [0, 0.1) is 11.8 Å². The number of carboxylic acids is 1. The van der Waals surface area contributed by atoms with Crippen molar-refractivity contribution in [3.05, 3.63) is 24.3 Å². The highest BCUT2D eigenvalue weighted by Crippen LogP contribution is 2.38. The smallest absolute Gasteiger partial charge is 0.306 e. The van der Waals surface area contributed by atoms with Gasteiger partial charge in [-0.05, 0) is 31.4 Å². The zero-order valence-corrected chi connectivity index (χ0v) is 11.9. The molecule has 106 valence electrons. The van der Waals surface area contributed by atoms with Gasteiger partial charge in [0.2, 0.25) is 5.91 Å². The maximum Gasteiger partial charge on any atom is 0.306 e. The third kappa shape index (κ3) is 2.42. The van der Waals surface area contributed by atoms with Gasteiger partial charge in [-0.2, -0.15) is 0 Å². The Morgan fingerprint density at radius 1 is 1.20 bits per heavy atom. The van der Waals surface area contributed by atoms with Gasteiger partial charge in [0.15, 0.2) is 0 Å². The predicted octanol–water partition coefficient (Wildman–Crippen LogP) is 2.63. The summed E-state index contributed by atoms with van der Waals surface area (Å²) in [6.45, 7) is 0.717. The molecule has 1 N–H and O–H groups in total. The van der Waals surface area contributed by atoms with Gasteiger partial charge < -0.3 is 10.0 Å². The highest BCUT2D eigenvalue weighted by molar-refractivity contribution is 7.99. The molecule has 1 aliphatic carbocycles. The minimum absolute atomic E-state index is 0.0986. The molecule has 0 unspecified atom stereocenters. The second kappa shape index (κ2) is 5.48. The van der Waals surface area contributed by atoms with Gasteiger partial charge in [0.05, 0.1) is 11.6 Å². The molecule has 0 saturated heterocycles. The fourth-order valence-corrected chi connectivity index (χ4v) is 4.04. The lowest BCUT2D eigenvalue weighted by Gasteiger charge is -2.31. The molecule has 0 bridgehead atoms. The van der Waals surface area contributed by atoms with Crippen molar-refractivity contribution in [3.63, 3.8) is 0 Å². The zero-order valence-electron chi connectivity index (χ0n) is 11.1. The number of rotatable bonds is 2. The molecule has 1 aliphatic heterocycles. The van der Waals surface area contributed by atoms with E-state index in [1.54, 1.807) is 11.8 Å². The van der Waals surface area contributed by atoms with Crippen LogP contribution in [-0.2, 0) is 9.59 Å². The van der Waals surface area contributed by atoms with Crippen molar-refractivity contribution < 1.29 is 14.7 Å². The quantitative estimate of drug-likeness (QED) is 0.910. The molecule has 1 saturated carbocycles. The van der Waals surface area contributed by atoms with E-state index in [9.17, 15) is 9.59 Å². The average Bonchev–Trinajstić information content (AvgIpc) is 2.96. The Labute approximate surface area is 122 Å². The van der Waals surface area contributed by atoms with Crippen LogP contribution in [0.2, 0.25) is 0 Å². The van der Waals surface area contributed by atoms with Crippen LogP contribution in [0.4, 0.5) is 5.69 Å². The summed E-state index contributed by atoms with van der Waals surface area (Å²) in [6, 6.07) is 7.94. The number of hydrogen-bond donors (Lipinski definition) is 1. The van der Waals surface area contributed by atoms with Gasteiger partial charge in [0.25, 0.3) is 0 Å². The maximum atomic E-state index is 12.7. The Hall–Kier alpha value is -1.49. The summed E-state index contributed by atoms with van der Waals surface area (Å²) in [7, 11) is 0. The number of nitrogens with zero attached hydrogens (tertiary/aromatic N) is 1. The Morgan fingerprint density at radius 2 is 1.95 bits per heavy atom. The minimum atomic E-state index is -0.769. The van der Waals surface area contributed by atoms with E-state index in [0.29, 0.717) is 19.3 Å². The van der Waals surface area contributed by atoms with Crippen molar-refractivity contribution in [2.24, 2.45) is 11.8 Å². The largest absolute Gasteiger partial charge is 0.481 e. The second-order valence-corrected chi connectivity index (χ2v) is 6.49. The second-order valence-electron chi connectivity index (χ2n) is 5.35. The lowest BCUT2D eigenvalue weighted by atomic mass is 10.0. The lowest BCUT2D eigenvalue weighted by molar-refractivity contribution is -0.141. The molecule has 0 aromatic heterocycles. The standard InChI is InChI=1S/C15H17NO3S/c17-14(10-5-6-11(9-10)15(18)19)16-7-8-20-13-4-2-1-3-12(13)16/h1-4,10-11H,5-9H2,(H,18,19)/t10-,11+/m1/s1. The third-order valence-electron chi connectivity index (χ3n) is 4.13. The topological polar surface area (TPSA) is 57.6 Å². The van der Waals surface area contributed by atoms with E-state index in [1.807, 2.05) is 29.2 Å². The number of benzene rings is 1. The number of amides is 1. The Bertz CT molecular complexity index is 546. The molecule has 3 rings (SSSR count). The van der Waals surface area contributed by atoms with Gasteiger partial charge in [-0.15, -0.1) is 11.8 Å². The van der Waals surface area contributed by atoms with Gasteiger partial charge in [0, 0.05) is 23.1 Å². The Morgan fingerprint density at radius 3 is 2.70 bits per heavy atom. The SMILES string of the molecule is O=C(O)[C@H]1CC[C@@H](C(=O)N2CCSc3ccccc32)C1. The number of fused-ring (bicyclic) bond motifs is 1. The summed E-state index contributed by atoms with van der Waals surface area (Å²) in [4.78, 5) is 26.7. The highest BCUT2D eigenvalue weighted by atomic mass is 32.2. The molecule has 5 heteroatoms. The molecular weight excluding hydrogens is 274 g/mol. The van der Waals surface area contributed by atoms with Crippen LogP contribution in [0.3, 0.4) is 0 Å². The summed E-state index contributed by atoms with van der Waals surface area (Å²) < 4.78 is 0. The van der Waals surface area contributed by atoms with Gasteiger partial charge in [0.1, 0.15) is 0 Å². The van der Waals surface area contributed by atoms with E-state index in [2.05, 4.69) is 0 Å². The summed E-state index contributed by atoms with van der Waals surface area (Å²) in [5.74, 6) is -0.250. The summed E-state index contributed by atoms with van der Waals surface area (Å²) in [5.41, 5.74) is 0.979. The molecule has 1 amide bonds. The Kier molecular flexibility index (Phi) is 3.70. The number of carbonyl (C=O) groups is 2. The van der Waals surface area contributed by atoms with E-state index in [-0.39, 0.29) is 17.7 Å². The fraction of sp³-hybridized carbons (Fsp3) is 0.467. The van der Waals surface area contributed by atoms with E-state index in [0.717, 1.165) is 22.9 Å². The van der Waals surface area contributed by atoms with Gasteiger partial charge >= 0.3 is 5.97 Å². The molecule has 0 spiro atoms. The van der Waals surface area contributed by atoms with Crippen LogP contribution < -0.4 is 4.90 Å². The molecule has 4 nitrogen and oxygen atoms in total. The lowest BCUT2D eigenvalue weighted by Crippen LogP contribution is -2.39. The number of aliphatic carboxylic acids is 1. The average molecular weight is 291 g/mol. The van der Waals surface area contributed by atoms with Crippen molar-refractivity contribution >= 4 is 29.3 Å². The summed E-state index contributed by atoms with van der Waals surface area (Å²) in [5, 5.41) is 9.05. The summed E-state index contributed by atoms with van der Waals surface area (Å²) in [6.07, 6.45) is 1.80. The fourth-order valence-electron chi connectivity index (χ4n) is 3.05. The van der Waals surface area contributed by atoms with Crippen LogP contribution in [-0.4, -0.2) is 29.3 Å². The van der Waals surface area contributed by atoms with E-state index < -0.39 is 5.97 Å². The Balaban J connectivity index is 1.78. The van der Waals surface area contributed by atoms with Crippen molar-refractivity contribution in [2.45, 2.75) is 24.2 Å². The molecule has 20 heavy (non-hydrogen) atoms. The van der Waals surface area contributed by atoms with Crippen molar-refractivity contribution in [1.29, 1.82) is 0 Å². The first kappa shape index (κ1) is 13.5. The zero-order chi connectivity index (χ0) is 14.1. The van der Waals surface area contributed by atoms with E-state index in [1.165, 1.54) is 0 Å². The van der Waals surface area contributed by atoms with E-state index >= 15 is 0 Å². The number of hydrogen-bond acceptors (Lipinski definition) is 3. The van der Waals surface area contributed by atoms with Crippen LogP contribution in [0.5, 0.6) is 0 Å². The molecule has 2 atom stereocenters. The molecule has 0 radical (unpaired) electrons. The first-order valence-electron chi connectivity index (χ1n) is 6.93. The van der Waals surface area contributed by atoms with Crippen LogP contribution in [0.15, 0.2) is 29.2 Å². The maximum absolute atomic E-state index is 12.7. The molecular formula is C15H17NO3S. The molecule has 1 aromatic rings. The normalized spacial score (nSPS) is 25.3. The van der Waals surface area contributed by atoms with Crippen molar-refractivity contribution in [2.75, 3.05) is 17.2 Å². The first-order valence-corrected chi connectivity index (χ1v) is 7.91. The van der Waals surface area contributed by atoms with Gasteiger partial charge in [-0.1, -0.05) is 12.1 Å². The van der Waals surface area contributed by atoms with Gasteiger partial charge in [-0.25, -0.2) is 0 Å². The van der Waals surface area contributed by atoms with Crippen molar-refractivity contribution in [1.82, 2.24) is 0 Å². The molecule has 1 heterocycles. The number of para-hydroxylation sites is 1. The van der Waals surface area contributed by atoms with Crippen molar-refractivity contribution in [3.8, 4) is 0 Å². The highest BCUT2D eigenvalue weighted by Gasteiger charge is 2.37. The van der Waals surface area contributed by atoms with Crippen LogP contribution >= 0.6 is 11.8 Å². The van der Waals surface area contributed by atoms with Gasteiger partial charge in [-0.3, -0.25) is 9.59 Å². The number of thioether (sulfide) groups is 1. The molecule has 2 aliphatic rings. The minimum Gasteiger partial charge on any atom is -0.481 e. The van der Waals surface area contributed by atoms with Crippen LogP contribution in [0.1, 0.15) is 19.3 Å². The number of carbonyl (C=O) groups excluding carboxylic acids is 1. The first-order chi connectivity index (χ1) is 9.66. The monoisotopic (exact) mass is 291 g/mol. The number of anilines is 1. The molecule has 1 fully saturated rings.